The van der Waals surface area contributed by atoms with Crippen LogP contribution in [0.1, 0.15) is 24.0 Å². The van der Waals surface area contributed by atoms with E-state index in [1.54, 1.807) is 24.3 Å². The van der Waals surface area contributed by atoms with E-state index < -0.39 is 11.2 Å². The van der Waals surface area contributed by atoms with E-state index in [1.165, 1.54) is 12.5 Å². The number of ketones is 1. The molecule has 2 unspecified atom stereocenters. The molecule has 0 radical (unpaired) electrons. The van der Waals surface area contributed by atoms with Crippen LogP contribution in [0.2, 0.25) is 0 Å². The van der Waals surface area contributed by atoms with Gasteiger partial charge < -0.3 is 19.7 Å². The largest absolute Gasteiger partial charge is 0.507 e. The maximum Gasteiger partial charge on any atom is 0.229 e. The molecule has 2 aliphatic rings. The first-order valence-electron chi connectivity index (χ1n) is 11.2. The molecule has 4 aromatic rings. The highest BCUT2D eigenvalue weighted by Crippen LogP contribution is 2.51. The molecule has 0 saturated carbocycles. The first-order valence-corrected chi connectivity index (χ1v) is 11.2. The van der Waals surface area contributed by atoms with Crippen molar-refractivity contribution < 1.29 is 24.5 Å². The summed E-state index contributed by atoms with van der Waals surface area (Å²) in [5, 5.41) is 25.5. The predicted octanol–water partition coefficient (Wildman–Crippen LogP) is 5.93. The molecule has 0 saturated heterocycles. The zero-order chi connectivity index (χ0) is 23.3. The Bertz CT molecular complexity index is 1380. The summed E-state index contributed by atoms with van der Waals surface area (Å²) >= 11 is 0. The molecule has 0 aliphatic carbocycles. The molecular weight excluding hydrogens is 428 g/mol. The van der Waals surface area contributed by atoms with Gasteiger partial charge >= 0.3 is 0 Å². The number of carbonyl (C=O) groups excluding carboxylic acids is 1. The monoisotopic (exact) mass is 450 g/mol. The van der Waals surface area contributed by atoms with Crippen LogP contribution in [0.5, 0.6) is 11.5 Å². The molecule has 5 nitrogen and oxygen atoms in total. The minimum Gasteiger partial charge on any atom is -0.507 e. The Morgan fingerprint density at radius 1 is 0.647 bits per heavy atom. The molecule has 2 aliphatic heterocycles. The lowest BCUT2D eigenvalue weighted by atomic mass is 9.73. The third-order valence-electron chi connectivity index (χ3n) is 6.95. The molecule has 34 heavy (non-hydrogen) atoms. The summed E-state index contributed by atoms with van der Waals surface area (Å²) in [4.78, 5) is 14.5. The van der Waals surface area contributed by atoms with E-state index in [1.807, 2.05) is 60.7 Å². The quantitative estimate of drug-likeness (QED) is 0.403. The fourth-order valence-corrected chi connectivity index (χ4v) is 5.23. The molecular formula is C29H22O5. The van der Waals surface area contributed by atoms with Gasteiger partial charge in [0.1, 0.15) is 11.5 Å². The molecule has 4 aromatic carbocycles. The van der Waals surface area contributed by atoms with Crippen molar-refractivity contribution in [2.24, 2.45) is 0 Å². The maximum atomic E-state index is 14.5. The number of benzene rings is 4. The Kier molecular flexibility index (Phi) is 4.42. The fraction of sp³-hybridized carbons (Fsp3) is 0.138. The number of phenols is 2. The number of Topliss-reactive ketones (excluding diaryl/α,β-unsaturated/α-hetero) is 1. The highest BCUT2D eigenvalue weighted by molar-refractivity contribution is 6.02. The van der Waals surface area contributed by atoms with Crippen LogP contribution >= 0.6 is 0 Å². The van der Waals surface area contributed by atoms with Crippen molar-refractivity contribution in [3.05, 3.63) is 109 Å². The third kappa shape index (κ3) is 2.70. The van der Waals surface area contributed by atoms with Gasteiger partial charge in [-0.1, -0.05) is 72.8 Å². The number of rotatable bonds is 4. The smallest absolute Gasteiger partial charge is 0.229 e. The third-order valence-corrected chi connectivity index (χ3v) is 6.95. The first-order chi connectivity index (χ1) is 16.6. The summed E-state index contributed by atoms with van der Waals surface area (Å²) < 4.78 is 12.0. The molecule has 0 fully saturated rings. The van der Waals surface area contributed by atoms with Gasteiger partial charge in [-0.25, -0.2) is 0 Å². The zero-order valence-corrected chi connectivity index (χ0v) is 18.3. The van der Waals surface area contributed by atoms with Gasteiger partial charge in [0.05, 0.1) is 12.5 Å². The molecule has 0 bridgehead atoms. The SMILES string of the molecule is O=C(C1(c2ccc3ccccc3c2O)CC=CO1)C1(c2ccc3ccccc3c2O)CC=CO1. The van der Waals surface area contributed by atoms with Crippen LogP contribution in [-0.4, -0.2) is 16.0 Å². The predicted molar refractivity (Wildman–Crippen MR) is 129 cm³/mol. The summed E-state index contributed by atoms with van der Waals surface area (Å²) in [6.07, 6.45) is 6.98. The Hall–Kier alpha value is -4.25. The average molecular weight is 450 g/mol. The van der Waals surface area contributed by atoms with Gasteiger partial charge in [0.15, 0.2) is 0 Å². The normalized spacial score (nSPS) is 23.3. The van der Waals surface area contributed by atoms with E-state index in [4.69, 9.17) is 9.47 Å². The van der Waals surface area contributed by atoms with Crippen LogP contribution in [0.15, 0.2) is 97.5 Å². The van der Waals surface area contributed by atoms with Crippen molar-refractivity contribution in [1.29, 1.82) is 0 Å². The molecule has 6 rings (SSSR count). The number of hydrogen-bond acceptors (Lipinski definition) is 5. The number of carbonyl (C=O) groups is 1. The second-order valence-electron chi connectivity index (χ2n) is 8.74. The molecule has 0 spiro atoms. The van der Waals surface area contributed by atoms with E-state index in [-0.39, 0.29) is 30.1 Å². The molecule has 2 heterocycles. The zero-order valence-electron chi connectivity index (χ0n) is 18.3. The number of ether oxygens (including phenoxy) is 2. The maximum absolute atomic E-state index is 14.5. The minimum atomic E-state index is -1.50. The number of phenolic OH excluding ortho intramolecular Hbond substituents is 2. The van der Waals surface area contributed by atoms with Crippen LogP contribution in [0.25, 0.3) is 21.5 Å². The van der Waals surface area contributed by atoms with Crippen LogP contribution in [0.4, 0.5) is 0 Å². The minimum absolute atomic E-state index is 0.000936. The summed E-state index contributed by atoms with van der Waals surface area (Å²) in [5.41, 5.74) is -2.26. The second-order valence-corrected chi connectivity index (χ2v) is 8.74. The Labute approximate surface area is 196 Å². The van der Waals surface area contributed by atoms with Crippen LogP contribution in [0.3, 0.4) is 0 Å². The Morgan fingerprint density at radius 3 is 1.50 bits per heavy atom. The lowest BCUT2D eigenvalue weighted by Gasteiger charge is -2.37. The Morgan fingerprint density at radius 2 is 1.09 bits per heavy atom. The molecule has 168 valence electrons. The van der Waals surface area contributed by atoms with Gasteiger partial charge in [-0.3, -0.25) is 4.79 Å². The van der Waals surface area contributed by atoms with Gasteiger partial charge in [0.2, 0.25) is 17.0 Å². The second kappa shape index (κ2) is 7.39. The summed E-state index contributed by atoms with van der Waals surface area (Å²) in [6.45, 7) is 0. The van der Waals surface area contributed by atoms with Crippen LogP contribution in [-0.2, 0) is 25.5 Å². The van der Waals surface area contributed by atoms with Crippen molar-refractivity contribution in [1.82, 2.24) is 0 Å². The van der Waals surface area contributed by atoms with Crippen molar-refractivity contribution in [3.8, 4) is 11.5 Å². The molecule has 2 atom stereocenters. The average Bonchev–Trinajstić information content (AvgIpc) is 3.56. The van der Waals surface area contributed by atoms with Crippen LogP contribution < -0.4 is 0 Å². The topological polar surface area (TPSA) is 76.0 Å². The van der Waals surface area contributed by atoms with E-state index >= 15 is 0 Å². The molecule has 2 N–H and O–H groups in total. The highest BCUT2D eigenvalue weighted by atomic mass is 16.5. The van der Waals surface area contributed by atoms with E-state index in [9.17, 15) is 15.0 Å². The first kappa shape index (κ1) is 20.4. The van der Waals surface area contributed by atoms with Crippen molar-refractivity contribution in [2.75, 3.05) is 0 Å². The van der Waals surface area contributed by atoms with Crippen LogP contribution in [0, 0.1) is 0 Å². The summed E-state index contributed by atoms with van der Waals surface area (Å²) in [6, 6.07) is 22.1. The van der Waals surface area contributed by atoms with Gasteiger partial charge in [0.25, 0.3) is 0 Å². The van der Waals surface area contributed by atoms with Crippen molar-refractivity contribution >= 4 is 27.3 Å². The van der Waals surface area contributed by atoms with Gasteiger partial charge in [-0.15, -0.1) is 0 Å². The van der Waals surface area contributed by atoms with Crippen molar-refractivity contribution in [3.63, 3.8) is 0 Å². The summed E-state index contributed by atoms with van der Waals surface area (Å²) in [5.74, 6) is -0.385. The fourth-order valence-electron chi connectivity index (χ4n) is 5.23. The lowest BCUT2D eigenvalue weighted by molar-refractivity contribution is -0.157. The van der Waals surface area contributed by atoms with E-state index in [0.717, 1.165) is 10.8 Å². The van der Waals surface area contributed by atoms with Gasteiger partial charge in [-0.2, -0.15) is 0 Å². The standard InChI is InChI=1S/C29H22O5/c30-25-21-9-3-1-7-19(21)11-13-23(25)28(15-5-17-33-28)27(32)29(16-6-18-34-29)24-14-12-20-8-2-4-10-22(20)26(24)31/h1-14,17-18,30-31H,15-16H2. The number of aromatic hydroxyl groups is 2. The van der Waals surface area contributed by atoms with Gasteiger partial charge in [0, 0.05) is 34.7 Å². The molecule has 0 amide bonds. The van der Waals surface area contributed by atoms with Crippen molar-refractivity contribution in [2.45, 2.75) is 24.0 Å². The van der Waals surface area contributed by atoms with Gasteiger partial charge in [-0.05, 0) is 22.9 Å². The molecule has 5 heteroatoms. The Balaban J connectivity index is 1.56. The summed E-state index contributed by atoms with van der Waals surface area (Å²) in [7, 11) is 0. The molecule has 0 aromatic heterocycles. The highest BCUT2D eigenvalue weighted by Gasteiger charge is 2.58. The lowest BCUT2D eigenvalue weighted by Crippen LogP contribution is -2.49. The number of hydrogen-bond donors (Lipinski definition) is 2. The van der Waals surface area contributed by atoms with E-state index in [0.29, 0.717) is 21.9 Å². The number of fused-ring (bicyclic) bond motifs is 2. The van der Waals surface area contributed by atoms with E-state index in [2.05, 4.69) is 0 Å².